The Kier molecular flexibility index (Phi) is 4.99. The summed E-state index contributed by atoms with van der Waals surface area (Å²) in [6, 6.07) is 22.6. The number of hydrogen-bond donors (Lipinski definition) is 0. The standard InChI is InChI=1S/C34H18N12/c1-2-6-19(7-3-1)24-14-39-33-27(44-24)23-11-5-9-21-20-8-4-10-22-26-32(38-13-12-37-26)45(28(20)22)34(46(33)29(21)23)25(30-40-15-35-16-41-30)31-42-17-36-18-43-31/h1-18H. The first-order chi connectivity index (χ1) is 22.9. The van der Waals surface area contributed by atoms with Gasteiger partial charge in [-0.1, -0.05) is 66.7 Å². The van der Waals surface area contributed by atoms with E-state index in [-0.39, 0.29) is 0 Å². The topological polar surface area (TPSA) is 138 Å². The predicted molar refractivity (Wildman–Crippen MR) is 171 cm³/mol. The summed E-state index contributed by atoms with van der Waals surface area (Å²) in [6.07, 6.45) is 11.1. The molecule has 0 saturated heterocycles. The summed E-state index contributed by atoms with van der Waals surface area (Å²) in [6.45, 7) is 0. The van der Waals surface area contributed by atoms with Crippen molar-refractivity contribution in [3.63, 3.8) is 0 Å². The van der Waals surface area contributed by atoms with E-state index in [2.05, 4.69) is 75.1 Å². The Morgan fingerprint density at radius 3 is 1.72 bits per heavy atom. The van der Waals surface area contributed by atoms with E-state index in [9.17, 15) is 0 Å². The van der Waals surface area contributed by atoms with Crippen LogP contribution in [0.3, 0.4) is 0 Å². The lowest BCUT2D eigenvalue weighted by molar-refractivity contribution is 0.938. The van der Waals surface area contributed by atoms with Crippen molar-refractivity contribution < 1.29 is 0 Å². The maximum atomic E-state index is 5.21. The van der Waals surface area contributed by atoms with Crippen LogP contribution < -0.4 is 5.48 Å². The van der Waals surface area contributed by atoms with Crippen molar-refractivity contribution in [2.24, 2.45) is 0 Å². The molecule has 3 aromatic carbocycles. The zero-order chi connectivity index (χ0) is 30.2. The van der Waals surface area contributed by atoms with E-state index in [4.69, 9.17) is 19.9 Å². The van der Waals surface area contributed by atoms with Crippen LogP contribution in [0.15, 0.2) is 111 Å². The van der Waals surface area contributed by atoms with Gasteiger partial charge in [-0.25, -0.2) is 44.9 Å². The molecule has 46 heavy (non-hydrogen) atoms. The molecule has 0 amide bonds. The monoisotopic (exact) mass is 594 g/mol. The van der Waals surface area contributed by atoms with E-state index < -0.39 is 0 Å². The lowest BCUT2D eigenvalue weighted by Gasteiger charge is -2.08. The lowest BCUT2D eigenvalue weighted by atomic mass is 10.1. The molecule has 0 aliphatic heterocycles. The van der Waals surface area contributed by atoms with Crippen molar-refractivity contribution in [1.29, 1.82) is 0 Å². The molecule has 0 radical (unpaired) electrons. The van der Waals surface area contributed by atoms with Gasteiger partial charge >= 0.3 is 0 Å². The van der Waals surface area contributed by atoms with E-state index in [1.165, 1.54) is 25.3 Å². The zero-order valence-corrected chi connectivity index (χ0v) is 23.8. The Hall–Kier alpha value is -6.82. The maximum Gasteiger partial charge on any atom is 0.170 e. The van der Waals surface area contributed by atoms with Crippen molar-refractivity contribution in [2.75, 3.05) is 0 Å². The highest BCUT2D eigenvalue weighted by atomic mass is 15.1. The van der Waals surface area contributed by atoms with E-state index >= 15 is 0 Å². The van der Waals surface area contributed by atoms with Crippen LogP contribution in [0.4, 0.5) is 0 Å². The van der Waals surface area contributed by atoms with E-state index in [0.717, 1.165) is 54.9 Å². The molecule has 0 spiro atoms. The second kappa shape index (κ2) is 9.34. The number of hydrogen-bond acceptors (Lipinski definition) is 10. The van der Waals surface area contributed by atoms with Gasteiger partial charge in [0.05, 0.1) is 22.9 Å². The fraction of sp³-hybridized carbons (Fsp3) is 0. The molecular formula is C34H18N12. The maximum absolute atomic E-state index is 5.21. The molecule has 0 fully saturated rings. The average molecular weight is 595 g/mol. The molecule has 12 heteroatoms. The number of benzene rings is 3. The Morgan fingerprint density at radius 2 is 1.07 bits per heavy atom. The van der Waals surface area contributed by atoms with Crippen LogP contribution in [0.1, 0.15) is 11.6 Å². The summed E-state index contributed by atoms with van der Waals surface area (Å²) >= 11 is 0. The third kappa shape index (κ3) is 3.31. The van der Waals surface area contributed by atoms with Crippen LogP contribution in [-0.4, -0.2) is 58.6 Å². The lowest BCUT2D eigenvalue weighted by Crippen LogP contribution is -2.26. The molecule has 0 aliphatic carbocycles. The zero-order valence-electron chi connectivity index (χ0n) is 23.8. The first-order valence-corrected chi connectivity index (χ1v) is 14.5. The fourth-order valence-electron chi connectivity index (χ4n) is 6.53. The SMILES string of the molecule is c1ccc(-c2cnc3c(n2)c2cccc4c5cccc6c7nccnc7n(c(=C(c7ncncn7)c7ncncn7)n3c42)c56)cc1. The predicted octanol–water partition coefficient (Wildman–Crippen LogP) is 4.39. The molecule has 7 aromatic heterocycles. The van der Waals surface area contributed by atoms with Gasteiger partial charge in [0.2, 0.25) is 0 Å². The summed E-state index contributed by atoms with van der Waals surface area (Å²) in [5.74, 6) is 0.742. The Morgan fingerprint density at radius 1 is 0.500 bits per heavy atom. The third-order valence-electron chi connectivity index (χ3n) is 8.33. The highest BCUT2D eigenvalue weighted by Gasteiger charge is 2.25. The molecule has 7 heterocycles. The molecule has 0 atom stereocenters. The highest BCUT2D eigenvalue weighted by molar-refractivity contribution is 6.22. The van der Waals surface area contributed by atoms with Gasteiger partial charge in [-0.3, -0.25) is 13.8 Å². The quantitative estimate of drug-likeness (QED) is 0.290. The molecule has 0 N–H and O–H groups in total. The number of fused-ring (bicyclic) bond motifs is 7. The van der Waals surface area contributed by atoms with Gasteiger partial charge in [0, 0.05) is 39.5 Å². The highest BCUT2D eigenvalue weighted by Crippen LogP contribution is 2.36. The van der Waals surface area contributed by atoms with Gasteiger partial charge in [-0.05, 0) is 0 Å². The second-order valence-electron chi connectivity index (χ2n) is 10.7. The van der Waals surface area contributed by atoms with Crippen LogP contribution in [0.25, 0.3) is 71.7 Å². The second-order valence-corrected chi connectivity index (χ2v) is 10.7. The molecule has 12 nitrogen and oxygen atoms in total. The van der Waals surface area contributed by atoms with E-state index in [1.807, 2.05) is 36.5 Å². The van der Waals surface area contributed by atoms with Crippen molar-refractivity contribution in [3.8, 4) is 11.3 Å². The first-order valence-electron chi connectivity index (χ1n) is 14.5. The van der Waals surface area contributed by atoms with Gasteiger partial charge < -0.3 is 0 Å². The minimum Gasteiger partial charge on any atom is -0.276 e. The molecule has 214 valence electrons. The molecule has 0 unspecified atom stereocenters. The molecule has 10 rings (SSSR count). The van der Waals surface area contributed by atoms with Crippen molar-refractivity contribution in [2.45, 2.75) is 0 Å². The van der Waals surface area contributed by atoms with Crippen molar-refractivity contribution in [1.82, 2.24) is 58.6 Å². The van der Waals surface area contributed by atoms with Gasteiger partial charge in [0.15, 0.2) is 22.9 Å². The van der Waals surface area contributed by atoms with Gasteiger partial charge in [-0.15, -0.1) is 0 Å². The molecule has 0 bridgehead atoms. The van der Waals surface area contributed by atoms with E-state index in [1.54, 1.807) is 12.4 Å². The molecular weight excluding hydrogens is 576 g/mol. The summed E-state index contributed by atoms with van der Waals surface area (Å²) in [4.78, 5) is 46.6. The van der Waals surface area contributed by atoms with Crippen molar-refractivity contribution >= 4 is 60.5 Å². The third-order valence-corrected chi connectivity index (χ3v) is 8.33. The Balaban J connectivity index is 1.60. The van der Waals surface area contributed by atoms with E-state index in [0.29, 0.717) is 34.0 Å². The number of aromatic nitrogens is 12. The minimum atomic E-state index is 0.371. The average Bonchev–Trinajstić information content (AvgIpc) is 3.60. The van der Waals surface area contributed by atoms with Gasteiger partial charge in [0.1, 0.15) is 47.4 Å². The van der Waals surface area contributed by atoms with Crippen LogP contribution in [-0.2, 0) is 0 Å². The number of rotatable bonds is 3. The number of nitrogens with zero attached hydrogens (tertiary/aromatic N) is 12. The van der Waals surface area contributed by atoms with Gasteiger partial charge in [0.25, 0.3) is 0 Å². The van der Waals surface area contributed by atoms with Gasteiger partial charge in [-0.2, -0.15) is 0 Å². The summed E-state index contributed by atoms with van der Waals surface area (Å²) < 4.78 is 4.21. The van der Waals surface area contributed by atoms with Crippen molar-refractivity contribution in [3.05, 3.63) is 128 Å². The smallest absolute Gasteiger partial charge is 0.170 e. The molecule has 0 aliphatic rings. The summed E-state index contributed by atoms with van der Waals surface area (Å²) in [5.41, 5.74) is 7.57. The largest absolute Gasteiger partial charge is 0.276 e. The summed E-state index contributed by atoms with van der Waals surface area (Å²) in [7, 11) is 0. The minimum absolute atomic E-state index is 0.371. The first kappa shape index (κ1) is 24.6. The van der Waals surface area contributed by atoms with Crippen LogP contribution in [0.2, 0.25) is 0 Å². The summed E-state index contributed by atoms with van der Waals surface area (Å²) in [5, 5.41) is 3.91. The van der Waals surface area contributed by atoms with Crippen LogP contribution in [0, 0.1) is 0 Å². The number of para-hydroxylation sites is 2. The fourth-order valence-corrected chi connectivity index (χ4v) is 6.53. The van der Waals surface area contributed by atoms with Crippen LogP contribution in [0.5, 0.6) is 0 Å². The Bertz CT molecular complexity index is 2810. The Labute approximate surface area is 257 Å². The van der Waals surface area contributed by atoms with Crippen LogP contribution >= 0.6 is 0 Å². The molecule has 0 saturated carbocycles. The normalized spacial score (nSPS) is 11.9. The molecule has 10 aromatic rings.